The number of phenolic OH excluding ortho intramolecular Hbond substituents is 1. The summed E-state index contributed by atoms with van der Waals surface area (Å²) in [6.45, 7) is 4.86. The average molecular weight is 392 g/mol. The van der Waals surface area contributed by atoms with Crippen LogP contribution in [0.3, 0.4) is 0 Å². The zero-order valence-corrected chi connectivity index (χ0v) is 15.8. The van der Waals surface area contributed by atoms with Crippen LogP contribution in [0.2, 0.25) is 0 Å². The lowest BCUT2D eigenvalue weighted by Crippen LogP contribution is -2.53. The number of carbonyl (C=O) groups excluding carboxylic acids is 1. The summed E-state index contributed by atoms with van der Waals surface area (Å²) in [6.07, 6.45) is 0.291. The van der Waals surface area contributed by atoms with Gasteiger partial charge in [0.2, 0.25) is 0 Å². The molecule has 2 aromatic rings. The maximum Gasteiger partial charge on any atom is 0.262 e. The van der Waals surface area contributed by atoms with Crippen molar-refractivity contribution in [3.8, 4) is 11.5 Å². The highest BCUT2D eigenvalue weighted by Crippen LogP contribution is 2.40. The van der Waals surface area contributed by atoms with Crippen LogP contribution in [-0.4, -0.2) is 28.3 Å². The van der Waals surface area contributed by atoms with E-state index in [1.54, 1.807) is 13.8 Å². The number of aliphatic hydroxyl groups is 1. The maximum atomic E-state index is 13.5. The van der Waals surface area contributed by atoms with E-state index in [0.717, 1.165) is 12.1 Å². The molecule has 0 bridgehead atoms. The minimum absolute atomic E-state index is 0.153. The van der Waals surface area contributed by atoms with Crippen molar-refractivity contribution in [3.05, 3.63) is 53.1 Å². The Morgan fingerprint density at radius 1 is 1.18 bits per heavy atom. The van der Waals surface area contributed by atoms with Gasteiger partial charge in [-0.25, -0.2) is 8.78 Å². The van der Waals surface area contributed by atoms with E-state index in [1.807, 2.05) is 0 Å². The molecule has 1 aliphatic heterocycles. The van der Waals surface area contributed by atoms with E-state index in [4.69, 9.17) is 4.74 Å². The van der Waals surface area contributed by atoms with Gasteiger partial charge in [0.1, 0.15) is 11.5 Å². The first-order chi connectivity index (χ1) is 13.0. The molecule has 1 unspecified atom stereocenters. The van der Waals surface area contributed by atoms with E-state index in [1.165, 1.54) is 25.1 Å². The largest absolute Gasteiger partial charge is 0.508 e. The number of benzene rings is 2. The van der Waals surface area contributed by atoms with Gasteiger partial charge in [-0.15, -0.1) is 0 Å². The van der Waals surface area contributed by atoms with Gasteiger partial charge in [0.15, 0.2) is 24.0 Å². The van der Waals surface area contributed by atoms with Crippen molar-refractivity contribution < 1.29 is 28.5 Å². The van der Waals surface area contributed by atoms with Crippen molar-refractivity contribution >= 4 is 11.6 Å². The number of fused-ring (bicyclic) bond motifs is 1. The highest BCUT2D eigenvalue weighted by molar-refractivity contribution is 5.96. The molecule has 1 atom stereocenters. The highest BCUT2D eigenvalue weighted by atomic mass is 19.2. The zero-order valence-electron chi connectivity index (χ0n) is 15.8. The lowest BCUT2D eigenvalue weighted by Gasteiger charge is -2.38. The molecule has 0 radical (unpaired) electrons. The van der Waals surface area contributed by atoms with Crippen molar-refractivity contribution in [3.63, 3.8) is 0 Å². The number of ether oxygens (including phenoxy) is 1. The van der Waals surface area contributed by atoms with E-state index >= 15 is 0 Å². The monoisotopic (exact) mass is 392 g/mol. The fourth-order valence-electron chi connectivity index (χ4n) is 3.48. The van der Waals surface area contributed by atoms with Crippen LogP contribution in [0.25, 0.3) is 0 Å². The fraction of sp³-hybridized carbons (Fsp3) is 0.350. The molecule has 0 spiro atoms. The minimum Gasteiger partial charge on any atom is -0.508 e. The number of rotatable bonds is 5. The third-order valence-corrected chi connectivity index (χ3v) is 4.43. The van der Waals surface area contributed by atoms with Crippen molar-refractivity contribution in [1.82, 2.24) is 5.32 Å². The number of anilines is 1. The summed E-state index contributed by atoms with van der Waals surface area (Å²) >= 11 is 0. The lowest BCUT2D eigenvalue weighted by molar-refractivity contribution is -0.118. The maximum absolute atomic E-state index is 13.5. The molecule has 1 aliphatic rings. The van der Waals surface area contributed by atoms with E-state index in [0.29, 0.717) is 12.0 Å². The van der Waals surface area contributed by atoms with Crippen LogP contribution in [0.15, 0.2) is 30.3 Å². The molecule has 0 fully saturated rings. The molecule has 1 heterocycles. The third-order valence-electron chi connectivity index (χ3n) is 4.43. The van der Waals surface area contributed by atoms with Crippen LogP contribution >= 0.6 is 0 Å². The standard InChI is InChI=1S/C20H22F2N2O4/c1-19(2,9-11-4-5-14(21)15(22)6-11)24-20(3,27)13-7-12(25)8-16-18(13)28-10-17(26)23-16/h4-8,24-25,27H,9-10H2,1-3H3,(H,23,26). The van der Waals surface area contributed by atoms with Crippen LogP contribution in [0, 0.1) is 11.6 Å². The number of carbonyl (C=O) groups is 1. The van der Waals surface area contributed by atoms with Gasteiger partial charge in [0.25, 0.3) is 5.91 Å². The molecule has 1 amide bonds. The summed E-state index contributed by atoms with van der Waals surface area (Å²) in [6, 6.07) is 6.32. The third kappa shape index (κ3) is 4.23. The van der Waals surface area contributed by atoms with Gasteiger partial charge < -0.3 is 20.3 Å². The van der Waals surface area contributed by atoms with Gasteiger partial charge >= 0.3 is 0 Å². The zero-order chi connectivity index (χ0) is 20.7. The van der Waals surface area contributed by atoms with Crippen LogP contribution in [-0.2, 0) is 16.9 Å². The van der Waals surface area contributed by atoms with Crippen LogP contribution in [0.5, 0.6) is 11.5 Å². The Bertz CT molecular complexity index is 929. The Balaban J connectivity index is 1.88. The smallest absolute Gasteiger partial charge is 0.262 e. The van der Waals surface area contributed by atoms with E-state index < -0.39 is 22.9 Å². The topological polar surface area (TPSA) is 90.8 Å². The Hall–Kier alpha value is -2.71. The highest BCUT2D eigenvalue weighted by Gasteiger charge is 2.36. The fourth-order valence-corrected chi connectivity index (χ4v) is 3.48. The molecule has 8 heteroatoms. The molecule has 2 aromatic carbocycles. The quantitative estimate of drug-likeness (QED) is 0.588. The number of hydrogen-bond donors (Lipinski definition) is 4. The van der Waals surface area contributed by atoms with Crippen LogP contribution in [0.4, 0.5) is 14.5 Å². The first kappa shape index (κ1) is 20.0. The summed E-state index contributed by atoms with van der Waals surface area (Å²) in [5, 5.41) is 26.7. The Kier molecular flexibility index (Phi) is 5.03. The summed E-state index contributed by atoms with van der Waals surface area (Å²) in [7, 11) is 0. The minimum atomic E-state index is -1.66. The molecule has 0 saturated heterocycles. The summed E-state index contributed by atoms with van der Waals surface area (Å²) < 4.78 is 32.1. The second kappa shape index (κ2) is 7.03. The number of halogens is 2. The van der Waals surface area contributed by atoms with Gasteiger partial charge in [-0.2, -0.15) is 0 Å². The molecule has 3 rings (SSSR count). The molecule has 150 valence electrons. The van der Waals surface area contributed by atoms with Crippen molar-refractivity contribution in [2.75, 3.05) is 11.9 Å². The average Bonchev–Trinajstić information content (AvgIpc) is 2.55. The van der Waals surface area contributed by atoms with E-state index in [9.17, 15) is 23.8 Å². The summed E-state index contributed by atoms with van der Waals surface area (Å²) in [4.78, 5) is 11.5. The van der Waals surface area contributed by atoms with E-state index in [-0.39, 0.29) is 35.3 Å². The summed E-state index contributed by atoms with van der Waals surface area (Å²) in [5.41, 5.74) is -1.36. The van der Waals surface area contributed by atoms with E-state index in [2.05, 4.69) is 10.6 Å². The second-order valence-electron chi connectivity index (χ2n) is 7.71. The van der Waals surface area contributed by atoms with Gasteiger partial charge in [0.05, 0.1) is 5.69 Å². The number of hydrogen-bond acceptors (Lipinski definition) is 5. The summed E-state index contributed by atoms with van der Waals surface area (Å²) in [5.74, 6) is -2.13. The van der Waals surface area contributed by atoms with Crippen molar-refractivity contribution in [1.29, 1.82) is 0 Å². The predicted molar refractivity (Wildman–Crippen MR) is 99.1 cm³/mol. The van der Waals surface area contributed by atoms with Gasteiger partial charge in [0, 0.05) is 17.2 Å². The van der Waals surface area contributed by atoms with Crippen LogP contribution in [0.1, 0.15) is 31.9 Å². The van der Waals surface area contributed by atoms with Gasteiger partial charge in [-0.3, -0.25) is 10.1 Å². The second-order valence-corrected chi connectivity index (χ2v) is 7.71. The Morgan fingerprint density at radius 3 is 2.57 bits per heavy atom. The molecule has 0 saturated carbocycles. The molecular weight excluding hydrogens is 370 g/mol. The van der Waals surface area contributed by atoms with Crippen molar-refractivity contribution in [2.24, 2.45) is 0 Å². The lowest BCUT2D eigenvalue weighted by atomic mass is 9.91. The van der Waals surface area contributed by atoms with Gasteiger partial charge in [-0.1, -0.05) is 6.07 Å². The van der Waals surface area contributed by atoms with Crippen molar-refractivity contribution in [2.45, 2.75) is 38.5 Å². The first-order valence-electron chi connectivity index (χ1n) is 8.73. The Morgan fingerprint density at radius 2 is 1.89 bits per heavy atom. The van der Waals surface area contributed by atoms with Gasteiger partial charge in [-0.05, 0) is 51.0 Å². The number of amides is 1. The molecule has 6 nitrogen and oxygen atoms in total. The molecule has 0 aliphatic carbocycles. The molecular formula is C20H22F2N2O4. The van der Waals surface area contributed by atoms with Crippen LogP contribution < -0.4 is 15.4 Å². The number of nitrogens with one attached hydrogen (secondary N) is 2. The number of phenols is 1. The first-order valence-corrected chi connectivity index (χ1v) is 8.73. The predicted octanol–water partition coefficient (Wildman–Crippen LogP) is 2.78. The molecule has 0 aromatic heterocycles. The normalized spacial score (nSPS) is 16.0. The molecule has 28 heavy (non-hydrogen) atoms. The molecule has 4 N–H and O–H groups in total. The SMILES string of the molecule is CC(C)(Cc1ccc(F)c(F)c1)NC(C)(O)c1cc(O)cc2c1OCC(=O)N2. The number of aromatic hydroxyl groups is 1. The Labute approximate surface area is 161 Å².